The van der Waals surface area contributed by atoms with Gasteiger partial charge in [0, 0.05) is 65.9 Å². The topological polar surface area (TPSA) is 187 Å². The van der Waals surface area contributed by atoms with Crippen LogP contribution in [0.5, 0.6) is 11.5 Å². The normalized spacial score (nSPS) is 14.3. The van der Waals surface area contributed by atoms with E-state index in [1.165, 1.54) is 18.2 Å². The molecule has 2 aliphatic rings. The number of benzene rings is 4. The van der Waals surface area contributed by atoms with Gasteiger partial charge >= 0.3 is 6.09 Å². The third-order valence-electron chi connectivity index (χ3n) is 9.44. The second-order valence-electron chi connectivity index (χ2n) is 13.8. The molecule has 3 amide bonds. The Kier molecular flexibility index (Phi) is 17.9. The molecule has 4 heterocycles. The first-order chi connectivity index (χ1) is 30.8. The van der Waals surface area contributed by atoms with Gasteiger partial charge in [-0.3, -0.25) is 19.6 Å². The highest BCUT2D eigenvalue weighted by Crippen LogP contribution is 2.40. The lowest BCUT2D eigenvalue weighted by Gasteiger charge is -2.28. The molecule has 13 nitrogen and oxygen atoms in total. The number of nitrogens with one attached hydrogen (secondary N) is 3. The molecule has 340 valence electrons. The number of alkyl carbamates (subject to hydrolysis) is 1. The number of hydrogen-bond acceptors (Lipinski definition) is 10. The van der Waals surface area contributed by atoms with Crippen LogP contribution in [-0.4, -0.2) is 46.2 Å². The molecular formula is C45H39Cl3F4N6O7. The van der Waals surface area contributed by atoms with Gasteiger partial charge in [-0.25, -0.2) is 22.4 Å². The van der Waals surface area contributed by atoms with Crippen molar-refractivity contribution in [3.05, 3.63) is 176 Å². The van der Waals surface area contributed by atoms with Gasteiger partial charge < -0.3 is 41.0 Å². The van der Waals surface area contributed by atoms with Crippen molar-refractivity contribution in [3.8, 4) is 11.5 Å². The Balaban J connectivity index is 0.000000214. The number of fused-ring (bicyclic) bond motifs is 2. The predicted molar refractivity (Wildman–Crippen MR) is 236 cm³/mol. The Labute approximate surface area is 385 Å². The summed E-state index contributed by atoms with van der Waals surface area (Å²) in [5.41, 5.74) is 8.87. The third kappa shape index (κ3) is 13.0. The summed E-state index contributed by atoms with van der Waals surface area (Å²) >= 11 is 12.4. The summed E-state index contributed by atoms with van der Waals surface area (Å²) in [7, 11) is 0. The second kappa shape index (κ2) is 23.4. The van der Waals surface area contributed by atoms with E-state index in [2.05, 4.69) is 25.9 Å². The maximum absolute atomic E-state index is 13.5. The fourth-order valence-electron chi connectivity index (χ4n) is 6.31. The van der Waals surface area contributed by atoms with Gasteiger partial charge in [0.25, 0.3) is 11.8 Å². The predicted octanol–water partition coefficient (Wildman–Crippen LogP) is 9.66. The molecule has 65 heavy (non-hydrogen) atoms. The standard InChI is InChI=1S/C23H18ClF2N3O4.C16H13ClF2N2O2.C6H7NO.ClH/c24-16-6-5-15-19(29-23(31)33-12-14-3-1-2-9-27-14)8-10-32-21(15)20(16)22(30)28-13-4-7-17(25)18(26)11-13;17-10-3-2-9-13(20)5-6-23-15(9)14(10)16(22)21-8-1-4-11(18)12(19)7-8;8-5-6-3-1-2-4-7-6;/h1-7,9,11,19H,8,10,12H2,(H,28,30)(H,29,31);1-4,7,13H,5-6,20H2,(H,21,22);1-4,8H,5H2;1H/t19-;13-;;/m00../s1. The maximum Gasteiger partial charge on any atom is 0.408 e. The number of hydrogen-bond donors (Lipinski definition) is 5. The van der Waals surface area contributed by atoms with Crippen molar-refractivity contribution in [2.24, 2.45) is 5.73 Å². The van der Waals surface area contributed by atoms with E-state index >= 15 is 0 Å². The molecule has 0 bridgehead atoms. The minimum Gasteiger partial charge on any atom is -0.492 e. The first-order valence-corrected chi connectivity index (χ1v) is 20.1. The highest BCUT2D eigenvalue weighted by Gasteiger charge is 2.30. The molecule has 0 radical (unpaired) electrons. The number of aromatic nitrogens is 2. The van der Waals surface area contributed by atoms with Crippen LogP contribution in [0.1, 0.15) is 68.2 Å². The summed E-state index contributed by atoms with van der Waals surface area (Å²) < 4.78 is 69.3. The Bertz CT molecular complexity index is 2620. The van der Waals surface area contributed by atoms with E-state index in [0.717, 1.165) is 24.3 Å². The average molecular weight is 958 g/mol. The minimum absolute atomic E-state index is 0. The van der Waals surface area contributed by atoms with Crippen LogP contribution >= 0.6 is 35.6 Å². The molecule has 20 heteroatoms. The fraction of sp³-hybridized carbons (Fsp3) is 0.178. The molecule has 2 aliphatic heterocycles. The van der Waals surface area contributed by atoms with E-state index in [0.29, 0.717) is 47.7 Å². The lowest BCUT2D eigenvalue weighted by atomic mass is 9.97. The van der Waals surface area contributed by atoms with E-state index in [9.17, 15) is 31.9 Å². The van der Waals surface area contributed by atoms with Crippen molar-refractivity contribution in [2.45, 2.75) is 38.1 Å². The highest BCUT2D eigenvalue weighted by atomic mass is 35.5. The molecule has 6 N–H and O–H groups in total. The Morgan fingerprint density at radius 3 is 1.69 bits per heavy atom. The molecule has 0 saturated heterocycles. The number of carbonyl (C=O) groups excluding carboxylic acids is 3. The highest BCUT2D eigenvalue weighted by molar-refractivity contribution is 6.35. The largest absolute Gasteiger partial charge is 0.492 e. The molecular weight excluding hydrogens is 919 g/mol. The number of nitrogens with two attached hydrogens (primary N) is 1. The van der Waals surface area contributed by atoms with E-state index in [1.807, 2.05) is 12.1 Å². The van der Waals surface area contributed by atoms with Crippen LogP contribution in [-0.2, 0) is 18.0 Å². The van der Waals surface area contributed by atoms with Gasteiger partial charge in [0.2, 0.25) is 0 Å². The number of pyridine rings is 2. The SMILES string of the molecule is Cl.N[C@H]1CCOc2c1ccc(Cl)c2C(=O)Nc1ccc(F)c(F)c1.O=C(N[C@H]1CCOc2c1ccc(Cl)c2C(=O)Nc1ccc(F)c(F)c1)OCc1ccccn1.OCc1ccccn1. The lowest BCUT2D eigenvalue weighted by molar-refractivity contribution is 0.101. The van der Waals surface area contributed by atoms with Crippen LogP contribution < -0.4 is 31.2 Å². The molecule has 2 aromatic heterocycles. The van der Waals surface area contributed by atoms with Gasteiger partial charge in [0.1, 0.15) is 29.2 Å². The van der Waals surface area contributed by atoms with Crippen LogP contribution in [0.25, 0.3) is 0 Å². The van der Waals surface area contributed by atoms with Gasteiger partial charge in [-0.1, -0.05) is 47.5 Å². The van der Waals surface area contributed by atoms with Crippen molar-refractivity contribution in [3.63, 3.8) is 0 Å². The van der Waals surface area contributed by atoms with Crippen LogP contribution in [0.3, 0.4) is 0 Å². The Morgan fingerprint density at radius 2 is 1.20 bits per heavy atom. The summed E-state index contributed by atoms with van der Waals surface area (Å²) in [5, 5.41) is 16.5. The molecule has 0 spiro atoms. The second-order valence-corrected chi connectivity index (χ2v) is 14.6. The lowest BCUT2D eigenvalue weighted by Crippen LogP contribution is -2.33. The Morgan fingerprint density at radius 1 is 0.692 bits per heavy atom. The first-order valence-electron chi connectivity index (χ1n) is 19.4. The Hall–Kier alpha value is -6.50. The van der Waals surface area contributed by atoms with Gasteiger partial charge in [0.15, 0.2) is 23.3 Å². The number of carbonyl (C=O) groups is 3. The first kappa shape index (κ1) is 49.5. The van der Waals surface area contributed by atoms with Crippen molar-refractivity contribution in [1.82, 2.24) is 15.3 Å². The molecule has 2 atom stereocenters. The zero-order chi connectivity index (χ0) is 45.8. The quantitative estimate of drug-likeness (QED) is 0.0920. The van der Waals surface area contributed by atoms with E-state index in [-0.39, 0.29) is 76.6 Å². The number of anilines is 2. The third-order valence-corrected chi connectivity index (χ3v) is 10.1. The number of halogens is 7. The fourth-order valence-corrected chi connectivity index (χ4v) is 6.78. The average Bonchev–Trinajstić information content (AvgIpc) is 3.29. The van der Waals surface area contributed by atoms with Crippen molar-refractivity contribution >= 4 is 64.9 Å². The summed E-state index contributed by atoms with van der Waals surface area (Å²) in [4.78, 5) is 45.6. The monoisotopic (exact) mass is 956 g/mol. The van der Waals surface area contributed by atoms with E-state index in [4.69, 9.17) is 48.3 Å². The van der Waals surface area contributed by atoms with Gasteiger partial charge in [0.05, 0.1) is 47.3 Å². The molecule has 0 unspecified atom stereocenters. The summed E-state index contributed by atoms with van der Waals surface area (Å²) in [6.07, 6.45) is 3.69. The molecule has 6 aromatic rings. The number of amides is 3. The molecule has 4 aromatic carbocycles. The van der Waals surface area contributed by atoms with E-state index < -0.39 is 47.2 Å². The molecule has 0 fully saturated rings. The van der Waals surface area contributed by atoms with Gasteiger partial charge in [-0.15, -0.1) is 12.4 Å². The maximum atomic E-state index is 13.5. The number of aliphatic hydroxyl groups is 1. The summed E-state index contributed by atoms with van der Waals surface area (Å²) in [5.74, 6) is -4.89. The van der Waals surface area contributed by atoms with Gasteiger partial charge in [-0.2, -0.15) is 0 Å². The number of ether oxygens (including phenoxy) is 3. The summed E-state index contributed by atoms with van der Waals surface area (Å²) in [6.45, 7) is 0.621. The molecule has 0 aliphatic carbocycles. The van der Waals surface area contributed by atoms with Crippen LogP contribution in [0.4, 0.5) is 33.7 Å². The number of aliphatic hydroxyl groups excluding tert-OH is 1. The molecule has 8 rings (SSSR count). The van der Waals surface area contributed by atoms with Crippen LogP contribution in [0.15, 0.2) is 109 Å². The van der Waals surface area contributed by atoms with Crippen LogP contribution in [0, 0.1) is 23.3 Å². The molecule has 0 saturated carbocycles. The zero-order valence-corrected chi connectivity index (χ0v) is 36.2. The number of nitrogens with zero attached hydrogens (tertiary/aromatic N) is 2. The summed E-state index contributed by atoms with van der Waals surface area (Å²) in [6, 6.07) is 22.5. The van der Waals surface area contributed by atoms with Crippen molar-refractivity contribution < 1.29 is 51.3 Å². The van der Waals surface area contributed by atoms with Crippen molar-refractivity contribution in [1.29, 1.82) is 0 Å². The van der Waals surface area contributed by atoms with Crippen molar-refractivity contribution in [2.75, 3.05) is 23.8 Å². The van der Waals surface area contributed by atoms with Gasteiger partial charge in [-0.05, 0) is 60.7 Å². The number of rotatable bonds is 8. The van der Waals surface area contributed by atoms with E-state index in [1.54, 1.807) is 54.9 Å². The zero-order valence-electron chi connectivity index (χ0n) is 33.8. The smallest absolute Gasteiger partial charge is 0.408 e. The minimum atomic E-state index is -1.10. The van der Waals surface area contributed by atoms with Crippen LogP contribution in [0.2, 0.25) is 10.0 Å².